The molecular formula is C33H36N10O2. The van der Waals surface area contributed by atoms with Gasteiger partial charge in [0.15, 0.2) is 5.65 Å². The number of anilines is 3. The Hall–Kier alpha value is -4.91. The van der Waals surface area contributed by atoms with E-state index in [-0.39, 0.29) is 0 Å². The summed E-state index contributed by atoms with van der Waals surface area (Å²) >= 11 is 0. The van der Waals surface area contributed by atoms with Crippen LogP contribution in [0.25, 0.3) is 22.1 Å². The lowest BCUT2D eigenvalue weighted by Crippen LogP contribution is -2.57. The molecule has 2 N–H and O–H groups in total. The highest BCUT2D eigenvalue weighted by atomic mass is 16.5. The molecule has 0 radical (unpaired) electrons. The highest BCUT2D eigenvalue weighted by molar-refractivity contribution is 6.03. The Morgan fingerprint density at radius 1 is 1.09 bits per heavy atom. The van der Waals surface area contributed by atoms with E-state index in [4.69, 9.17) is 14.7 Å². The fourth-order valence-electron chi connectivity index (χ4n) is 5.87. The van der Waals surface area contributed by atoms with Crippen molar-refractivity contribution in [2.24, 2.45) is 0 Å². The third-order valence-electron chi connectivity index (χ3n) is 8.65. The van der Waals surface area contributed by atoms with E-state index in [0.717, 1.165) is 65.3 Å². The Bertz CT molecular complexity index is 1910. The van der Waals surface area contributed by atoms with Gasteiger partial charge in [-0.3, -0.25) is 4.90 Å². The summed E-state index contributed by atoms with van der Waals surface area (Å²) in [7, 11) is 4.25. The second-order valence-corrected chi connectivity index (χ2v) is 11.8. The van der Waals surface area contributed by atoms with Gasteiger partial charge in [0.2, 0.25) is 5.88 Å². The molecule has 1 unspecified atom stereocenters. The highest BCUT2D eigenvalue weighted by Gasteiger charge is 2.31. The van der Waals surface area contributed by atoms with Crippen LogP contribution >= 0.6 is 0 Å². The third kappa shape index (κ3) is 5.70. The molecule has 12 nitrogen and oxygen atoms in total. The minimum Gasteiger partial charge on any atom is -0.439 e. The molecule has 5 heterocycles. The number of nitrogens with one attached hydrogen (secondary N) is 1. The molecule has 2 aromatic carbocycles. The van der Waals surface area contributed by atoms with Crippen molar-refractivity contribution in [1.82, 2.24) is 39.3 Å². The van der Waals surface area contributed by atoms with Gasteiger partial charge in [-0.1, -0.05) is 12.7 Å². The van der Waals surface area contributed by atoms with Crippen molar-refractivity contribution in [1.29, 1.82) is 0 Å². The van der Waals surface area contributed by atoms with Gasteiger partial charge in [0.1, 0.15) is 36.8 Å². The van der Waals surface area contributed by atoms with Crippen LogP contribution in [0.4, 0.5) is 17.2 Å². The van der Waals surface area contributed by atoms with E-state index in [1.807, 2.05) is 30.0 Å². The lowest BCUT2D eigenvalue weighted by atomic mass is 9.95. The summed E-state index contributed by atoms with van der Waals surface area (Å²) in [6, 6.07) is 12.6. The summed E-state index contributed by atoms with van der Waals surface area (Å²) in [5.74, 6) is 1.90. The number of aliphatic hydroxyl groups is 1. The monoisotopic (exact) mass is 604 g/mol. The molecule has 1 atom stereocenters. The second-order valence-electron chi connectivity index (χ2n) is 11.8. The van der Waals surface area contributed by atoms with Gasteiger partial charge in [0.25, 0.3) is 0 Å². The van der Waals surface area contributed by atoms with Crippen LogP contribution in [0.3, 0.4) is 0 Å². The Morgan fingerprint density at radius 2 is 1.96 bits per heavy atom. The molecule has 0 saturated carbocycles. The van der Waals surface area contributed by atoms with Gasteiger partial charge < -0.3 is 25.0 Å². The van der Waals surface area contributed by atoms with Crippen LogP contribution in [0.2, 0.25) is 0 Å². The molecule has 1 fully saturated rings. The molecule has 2 aliphatic heterocycles. The van der Waals surface area contributed by atoms with Crippen molar-refractivity contribution in [2.45, 2.75) is 25.6 Å². The van der Waals surface area contributed by atoms with E-state index >= 15 is 0 Å². The molecule has 45 heavy (non-hydrogen) atoms. The predicted octanol–water partition coefficient (Wildman–Crippen LogP) is 4.26. The molecule has 3 aromatic heterocycles. The zero-order valence-electron chi connectivity index (χ0n) is 25.6. The summed E-state index contributed by atoms with van der Waals surface area (Å²) in [6.07, 6.45) is 8.65. The first-order valence-corrected chi connectivity index (χ1v) is 15.0. The van der Waals surface area contributed by atoms with Crippen molar-refractivity contribution in [3.8, 4) is 11.6 Å². The van der Waals surface area contributed by atoms with E-state index < -0.39 is 6.23 Å². The van der Waals surface area contributed by atoms with Crippen molar-refractivity contribution in [3.63, 3.8) is 0 Å². The van der Waals surface area contributed by atoms with Crippen LogP contribution in [0.1, 0.15) is 17.5 Å². The van der Waals surface area contributed by atoms with Crippen LogP contribution < -0.4 is 15.0 Å². The average molecular weight is 605 g/mol. The number of aryl methyl sites for hydroxylation is 1. The van der Waals surface area contributed by atoms with Gasteiger partial charge in [-0.05, 0) is 80.5 Å². The zero-order valence-corrected chi connectivity index (χ0v) is 25.6. The Labute approximate surface area is 261 Å². The number of ether oxygens (including phenoxy) is 1. The number of hydrogen-bond donors (Lipinski definition) is 2. The number of nitrogens with zero attached hydrogens (tertiary/aromatic N) is 9. The first-order chi connectivity index (χ1) is 21.9. The first kappa shape index (κ1) is 28.8. The lowest BCUT2D eigenvalue weighted by molar-refractivity contribution is 0.0506. The minimum absolute atomic E-state index is 0.449. The number of hydrogen-bond acceptors (Lipinski definition) is 11. The maximum absolute atomic E-state index is 10.2. The summed E-state index contributed by atoms with van der Waals surface area (Å²) in [5.41, 5.74) is 6.91. The molecule has 0 amide bonds. The second kappa shape index (κ2) is 11.9. The summed E-state index contributed by atoms with van der Waals surface area (Å²) in [5, 5.41) is 18.8. The minimum atomic E-state index is -0.634. The topological polar surface area (TPSA) is 120 Å². The Balaban J connectivity index is 1.19. The molecule has 2 aliphatic rings. The first-order valence-electron chi connectivity index (χ1n) is 15.0. The molecule has 0 spiro atoms. The third-order valence-corrected chi connectivity index (χ3v) is 8.65. The standard InChI is InChI=1S/C33H36N10O2/c1-5-31(44)41-10-8-22(9-11-41)23-13-26-32(27(14-23)42-16-25(17-42)40(3)4)33(36-18-34-26)39-24-6-7-28(21(2)12-24)45-30-15-29-35-19-38-43(29)20-37-30/h5-8,12-15,18-20,25,31,44H,1,9-11,16-17H2,2-4H3,(H,34,36,39). The van der Waals surface area contributed by atoms with Crippen molar-refractivity contribution >= 4 is 39.3 Å². The number of rotatable bonds is 9. The van der Waals surface area contributed by atoms with E-state index in [0.29, 0.717) is 29.9 Å². The smallest absolute Gasteiger partial charge is 0.224 e. The Kier molecular flexibility index (Phi) is 7.61. The number of likely N-dealkylation sites (N-methyl/N-ethyl adjacent to an activating group) is 1. The van der Waals surface area contributed by atoms with Gasteiger partial charge in [-0.25, -0.2) is 24.5 Å². The summed E-state index contributed by atoms with van der Waals surface area (Å²) < 4.78 is 7.67. The van der Waals surface area contributed by atoms with Crippen LogP contribution in [-0.4, -0.2) is 97.0 Å². The van der Waals surface area contributed by atoms with Crippen molar-refractivity contribution < 1.29 is 9.84 Å². The SMILES string of the molecule is C=CC(O)N1CC=C(c2cc(N3CC(N(C)C)C3)c3c(Nc4ccc(Oc5cc6ncnn6cn5)c(C)c4)ncnc3c2)CC1. The van der Waals surface area contributed by atoms with Gasteiger partial charge >= 0.3 is 0 Å². The molecule has 0 bridgehead atoms. The molecule has 7 rings (SSSR count). The number of aliphatic hydroxyl groups excluding tert-OH is 1. The van der Waals surface area contributed by atoms with Crippen LogP contribution in [-0.2, 0) is 0 Å². The molecule has 12 heteroatoms. The fourth-order valence-corrected chi connectivity index (χ4v) is 5.87. The van der Waals surface area contributed by atoms with Crippen molar-refractivity contribution in [2.75, 3.05) is 50.5 Å². The lowest BCUT2D eigenvalue weighted by Gasteiger charge is -2.45. The average Bonchev–Trinajstić information content (AvgIpc) is 3.49. The molecule has 1 saturated heterocycles. The molecular weight excluding hydrogens is 568 g/mol. The van der Waals surface area contributed by atoms with Gasteiger partial charge in [0.05, 0.1) is 16.6 Å². The van der Waals surface area contributed by atoms with Gasteiger partial charge in [-0.2, -0.15) is 5.10 Å². The summed E-state index contributed by atoms with van der Waals surface area (Å²) in [4.78, 5) is 24.7. The molecule has 0 aliphatic carbocycles. The molecule has 230 valence electrons. The number of aromatic nitrogens is 6. The van der Waals surface area contributed by atoms with Crippen LogP contribution in [0.5, 0.6) is 11.6 Å². The van der Waals surface area contributed by atoms with Gasteiger partial charge in [0, 0.05) is 44.0 Å². The highest BCUT2D eigenvalue weighted by Crippen LogP contribution is 2.39. The number of fused-ring (bicyclic) bond motifs is 2. The van der Waals surface area contributed by atoms with E-state index in [1.54, 1.807) is 29.3 Å². The van der Waals surface area contributed by atoms with E-state index in [9.17, 15) is 5.11 Å². The quantitative estimate of drug-likeness (QED) is 0.235. The normalized spacial score (nSPS) is 16.6. The molecule has 5 aromatic rings. The maximum atomic E-state index is 10.2. The largest absolute Gasteiger partial charge is 0.439 e. The van der Waals surface area contributed by atoms with Gasteiger partial charge in [-0.15, -0.1) is 0 Å². The van der Waals surface area contributed by atoms with Crippen LogP contribution in [0.15, 0.2) is 74.1 Å². The zero-order chi connectivity index (χ0) is 31.1. The maximum Gasteiger partial charge on any atom is 0.224 e. The predicted molar refractivity (Wildman–Crippen MR) is 175 cm³/mol. The van der Waals surface area contributed by atoms with E-state index in [2.05, 4.69) is 69.1 Å². The van der Waals surface area contributed by atoms with Crippen molar-refractivity contribution in [3.05, 3.63) is 85.2 Å². The Morgan fingerprint density at radius 3 is 2.71 bits per heavy atom. The summed E-state index contributed by atoms with van der Waals surface area (Å²) in [6.45, 7) is 9.02. The number of benzene rings is 2. The van der Waals surface area contributed by atoms with E-state index in [1.165, 1.54) is 11.9 Å². The van der Waals surface area contributed by atoms with Crippen LogP contribution in [0, 0.1) is 6.92 Å². The fraction of sp³-hybridized carbons (Fsp3) is 0.303.